The molecule has 0 bridgehead atoms. The average molecular weight is 315 g/mol. The summed E-state index contributed by atoms with van der Waals surface area (Å²) in [6.45, 7) is 0.883. The Hall–Kier alpha value is -2.34. The van der Waals surface area contributed by atoms with E-state index in [1.54, 1.807) is 0 Å². The molecule has 0 radical (unpaired) electrons. The first-order valence-corrected chi connectivity index (χ1v) is 7.85. The van der Waals surface area contributed by atoms with Crippen LogP contribution in [-0.4, -0.2) is 21.7 Å². The first-order chi connectivity index (χ1) is 11.0. The molecule has 2 N–H and O–H groups in total. The Morgan fingerprint density at radius 3 is 2.57 bits per heavy atom. The summed E-state index contributed by atoms with van der Waals surface area (Å²) in [5.74, 6) is -0.565. The van der Waals surface area contributed by atoms with Crippen LogP contribution >= 0.6 is 0 Å². The van der Waals surface area contributed by atoms with Gasteiger partial charge in [0.25, 0.3) is 5.56 Å². The molecule has 3 rings (SSSR count). The van der Waals surface area contributed by atoms with E-state index >= 15 is 0 Å². The fourth-order valence-electron chi connectivity index (χ4n) is 3.51. The number of nitrogens with zero attached hydrogens (tertiary/aromatic N) is 2. The van der Waals surface area contributed by atoms with Gasteiger partial charge in [0, 0.05) is 38.4 Å². The van der Waals surface area contributed by atoms with E-state index in [0.29, 0.717) is 0 Å². The Morgan fingerprint density at radius 2 is 1.87 bits per heavy atom. The highest BCUT2D eigenvalue weighted by Gasteiger charge is 2.35. The third-order valence-electron chi connectivity index (χ3n) is 4.79. The van der Waals surface area contributed by atoms with Crippen LogP contribution < -0.4 is 21.7 Å². The van der Waals surface area contributed by atoms with Gasteiger partial charge in [0.15, 0.2) is 0 Å². The third kappa shape index (κ3) is 2.70. The van der Waals surface area contributed by atoms with Crippen LogP contribution in [0.4, 0.5) is 0 Å². The molecule has 2 atom stereocenters. The summed E-state index contributed by atoms with van der Waals surface area (Å²) in [7, 11) is 2.86. The molecule has 1 aromatic heterocycles. The van der Waals surface area contributed by atoms with Gasteiger partial charge in [-0.3, -0.25) is 9.36 Å². The lowest BCUT2D eigenvalue weighted by Gasteiger charge is -2.24. The van der Waals surface area contributed by atoms with Crippen molar-refractivity contribution in [3.8, 4) is 5.88 Å². The van der Waals surface area contributed by atoms with Crippen molar-refractivity contribution < 1.29 is 10.4 Å². The normalized spacial score (nSPS) is 20.8. The third-order valence-corrected chi connectivity index (χ3v) is 4.79. The lowest BCUT2D eigenvalue weighted by molar-refractivity contribution is -0.670. The van der Waals surface area contributed by atoms with Crippen LogP contribution in [0.25, 0.3) is 0 Å². The zero-order valence-electron chi connectivity index (χ0n) is 13.4. The predicted octanol–water partition coefficient (Wildman–Crippen LogP) is -1.18. The Morgan fingerprint density at radius 1 is 1.17 bits per heavy atom. The van der Waals surface area contributed by atoms with Crippen molar-refractivity contribution in [2.24, 2.45) is 14.1 Å². The van der Waals surface area contributed by atoms with Crippen molar-refractivity contribution in [3.63, 3.8) is 0 Å². The second-order valence-corrected chi connectivity index (χ2v) is 6.20. The highest BCUT2D eigenvalue weighted by atomic mass is 16.3. The molecule has 1 aliphatic rings. The lowest BCUT2D eigenvalue weighted by Crippen LogP contribution is -2.87. The van der Waals surface area contributed by atoms with Crippen LogP contribution in [0, 0.1) is 0 Å². The molecule has 0 spiro atoms. The maximum Gasteiger partial charge on any atom is 0.329 e. The molecule has 2 unspecified atom stereocenters. The molecule has 1 aliphatic heterocycles. The highest BCUT2D eigenvalue weighted by molar-refractivity contribution is 5.29. The largest absolute Gasteiger partial charge is 0.860 e. The molecule has 6 heteroatoms. The predicted molar refractivity (Wildman–Crippen MR) is 84.5 cm³/mol. The zero-order valence-corrected chi connectivity index (χ0v) is 13.4. The van der Waals surface area contributed by atoms with Crippen LogP contribution in [0.15, 0.2) is 39.9 Å². The van der Waals surface area contributed by atoms with E-state index in [4.69, 9.17) is 0 Å². The number of benzene rings is 1. The van der Waals surface area contributed by atoms with E-state index in [1.807, 2.05) is 18.2 Å². The topological polar surface area (TPSA) is 83.7 Å². The van der Waals surface area contributed by atoms with E-state index in [9.17, 15) is 14.7 Å². The molecule has 2 heterocycles. The van der Waals surface area contributed by atoms with E-state index < -0.39 is 17.1 Å². The Balaban J connectivity index is 2.01. The smallest absolute Gasteiger partial charge is 0.329 e. The summed E-state index contributed by atoms with van der Waals surface area (Å²) in [5, 5.41) is 14.7. The second kappa shape index (κ2) is 6.04. The minimum absolute atomic E-state index is 0.117. The molecular formula is C17H21N3O3. The molecule has 1 saturated heterocycles. The van der Waals surface area contributed by atoms with Crippen LogP contribution in [0.3, 0.4) is 0 Å². The summed E-state index contributed by atoms with van der Waals surface area (Å²) >= 11 is 0. The molecule has 23 heavy (non-hydrogen) atoms. The van der Waals surface area contributed by atoms with Crippen LogP contribution in [0.1, 0.15) is 23.5 Å². The average Bonchev–Trinajstić information content (AvgIpc) is 3.00. The van der Waals surface area contributed by atoms with Crippen molar-refractivity contribution in [1.82, 2.24) is 9.13 Å². The van der Waals surface area contributed by atoms with Crippen molar-refractivity contribution in [2.45, 2.75) is 24.8 Å². The van der Waals surface area contributed by atoms with Gasteiger partial charge >= 0.3 is 5.69 Å². The number of nitrogens with two attached hydrogens (primary N) is 1. The van der Waals surface area contributed by atoms with Gasteiger partial charge in [-0.05, 0) is 11.4 Å². The quantitative estimate of drug-likeness (QED) is 0.774. The van der Waals surface area contributed by atoms with Crippen molar-refractivity contribution >= 4 is 0 Å². The fraction of sp³-hybridized carbons (Fsp3) is 0.412. The van der Waals surface area contributed by atoms with Crippen LogP contribution in [-0.2, 0) is 20.5 Å². The van der Waals surface area contributed by atoms with Gasteiger partial charge in [0.05, 0.1) is 12.6 Å². The van der Waals surface area contributed by atoms with Gasteiger partial charge in [-0.15, -0.1) is 0 Å². The van der Waals surface area contributed by atoms with Gasteiger partial charge < -0.3 is 15.0 Å². The Labute approximate surface area is 134 Å². The standard InChI is InChI=1S/C17H21N3O3/c1-19-15(21)14(16(22)20(2)17(19)23)12-8-9-18-13(12)10-11-6-4-3-5-7-11/h3-7,12-13,18,21H,8-10H2,1-2H3. The van der Waals surface area contributed by atoms with Gasteiger partial charge in [-0.1, -0.05) is 30.3 Å². The van der Waals surface area contributed by atoms with Crippen molar-refractivity contribution in [3.05, 3.63) is 62.3 Å². The number of quaternary nitrogens is 1. The summed E-state index contributed by atoms with van der Waals surface area (Å²) in [4.78, 5) is 24.4. The maximum absolute atomic E-state index is 12.5. The van der Waals surface area contributed by atoms with E-state index in [0.717, 1.165) is 28.5 Å². The molecule has 1 fully saturated rings. The number of hydrogen-bond donors (Lipinski definition) is 1. The van der Waals surface area contributed by atoms with Gasteiger partial charge in [0.2, 0.25) is 0 Å². The van der Waals surface area contributed by atoms with Crippen LogP contribution in [0.5, 0.6) is 5.88 Å². The second-order valence-electron chi connectivity index (χ2n) is 6.20. The molecular weight excluding hydrogens is 294 g/mol. The zero-order chi connectivity index (χ0) is 16.6. The first kappa shape index (κ1) is 15.6. The van der Waals surface area contributed by atoms with Crippen molar-refractivity contribution in [2.75, 3.05) is 6.54 Å². The molecule has 122 valence electrons. The Bertz CT molecular complexity index is 823. The maximum atomic E-state index is 12.5. The van der Waals surface area contributed by atoms with Crippen molar-refractivity contribution in [1.29, 1.82) is 0 Å². The van der Waals surface area contributed by atoms with Gasteiger partial charge in [-0.25, -0.2) is 4.79 Å². The monoisotopic (exact) mass is 315 g/mol. The lowest BCUT2D eigenvalue weighted by atomic mass is 9.89. The summed E-state index contributed by atoms with van der Waals surface area (Å²) < 4.78 is 2.07. The fourth-order valence-corrected chi connectivity index (χ4v) is 3.51. The minimum Gasteiger partial charge on any atom is -0.860 e. The summed E-state index contributed by atoms with van der Waals surface area (Å²) in [5.41, 5.74) is 0.431. The number of rotatable bonds is 3. The summed E-state index contributed by atoms with van der Waals surface area (Å²) in [6.07, 6.45) is 1.58. The van der Waals surface area contributed by atoms with Gasteiger partial charge in [0.1, 0.15) is 0 Å². The van der Waals surface area contributed by atoms with Crippen LogP contribution in [0.2, 0.25) is 0 Å². The molecule has 2 aromatic rings. The number of hydrogen-bond acceptors (Lipinski definition) is 3. The minimum atomic E-state index is -0.565. The van der Waals surface area contributed by atoms with E-state index in [2.05, 4.69) is 17.4 Å². The Kier molecular flexibility index (Phi) is 4.09. The molecule has 1 aromatic carbocycles. The summed E-state index contributed by atoms with van der Waals surface area (Å²) in [6, 6.07) is 10.2. The molecule has 6 nitrogen and oxygen atoms in total. The molecule has 0 saturated carbocycles. The molecule has 0 amide bonds. The number of aromatic nitrogens is 2. The van der Waals surface area contributed by atoms with E-state index in [1.165, 1.54) is 19.7 Å². The molecule has 0 aliphatic carbocycles. The first-order valence-electron chi connectivity index (χ1n) is 7.85. The SMILES string of the molecule is Cn1c([O-])c(C2CC[NH2+]C2Cc2ccccc2)c(=O)n(C)c1=O. The van der Waals surface area contributed by atoms with Gasteiger partial charge in [-0.2, -0.15) is 0 Å². The highest BCUT2D eigenvalue weighted by Crippen LogP contribution is 2.27. The van der Waals surface area contributed by atoms with E-state index in [-0.39, 0.29) is 17.5 Å².